The first-order valence-electron chi connectivity index (χ1n) is 19.1. The third kappa shape index (κ3) is 9.29. The van der Waals surface area contributed by atoms with Gasteiger partial charge in [-0.2, -0.15) is 25.7 Å². The Hall–Kier alpha value is -3.32. The van der Waals surface area contributed by atoms with Gasteiger partial charge in [-0.25, -0.2) is 0 Å². The largest absolute Gasteiger partial charge is 0.512 e. The normalized spacial score (nSPS) is 13.2. The third-order valence-corrected chi connectivity index (χ3v) is 13.1. The molecular formula is C47H59F3IrNO2S-. The van der Waals surface area contributed by atoms with Crippen molar-refractivity contribution in [1.29, 1.82) is 0 Å². The van der Waals surface area contributed by atoms with Crippen LogP contribution >= 0.6 is 11.3 Å². The number of allylic oxidation sites excluding steroid dienone is 2. The number of hydrogen-bond acceptors (Lipinski definition) is 3. The van der Waals surface area contributed by atoms with Gasteiger partial charge in [0, 0.05) is 53.5 Å². The number of carbonyl (C=O) groups excluding carboxylic acids is 1. The predicted octanol–water partition coefficient (Wildman–Crippen LogP) is 14.1. The molecule has 0 fully saturated rings. The van der Waals surface area contributed by atoms with Crippen LogP contribution in [0.25, 0.3) is 42.2 Å². The van der Waals surface area contributed by atoms with Crippen molar-refractivity contribution in [3.05, 3.63) is 103 Å². The van der Waals surface area contributed by atoms with Gasteiger partial charge in [-0.1, -0.05) is 117 Å². The van der Waals surface area contributed by atoms with Crippen LogP contribution in [0.4, 0.5) is 13.2 Å². The van der Waals surface area contributed by atoms with Crippen molar-refractivity contribution in [2.45, 2.75) is 120 Å². The number of hydrogen-bond donors (Lipinski definition) is 1. The molecule has 301 valence electrons. The van der Waals surface area contributed by atoms with Crippen molar-refractivity contribution in [2.75, 3.05) is 0 Å². The number of thiophene rings is 1. The number of carbonyl (C=O) groups is 1. The summed E-state index contributed by atoms with van der Waals surface area (Å²) in [6, 6.07) is 18.3. The van der Waals surface area contributed by atoms with Gasteiger partial charge in [-0.15, -0.1) is 34.4 Å². The summed E-state index contributed by atoms with van der Waals surface area (Å²) in [5, 5.41) is 14.5. The molecule has 0 saturated heterocycles. The Bertz CT molecular complexity index is 2180. The average Bonchev–Trinajstić information content (AvgIpc) is 3.48. The van der Waals surface area contributed by atoms with Crippen molar-refractivity contribution >= 4 is 48.1 Å². The maximum atomic E-state index is 13.5. The summed E-state index contributed by atoms with van der Waals surface area (Å²) in [7, 11) is 4.29. The molecule has 2 aromatic heterocycles. The summed E-state index contributed by atoms with van der Waals surface area (Å²) in [6.07, 6.45) is 2.38. The van der Waals surface area contributed by atoms with Crippen LogP contribution < -0.4 is 4.57 Å². The quantitative estimate of drug-likeness (QED) is 0.0656. The Labute approximate surface area is 344 Å². The molecular weight excluding hydrogens is 892 g/mol. The second-order valence-corrected chi connectivity index (χ2v) is 18.1. The molecule has 0 amide bonds. The number of ketones is 1. The SMILES string of the molecule is CCC(C)(CC)C(=O)/C=C(\O)C(C)(CC)CC.[CH2-]c1c(-c2c3sc4cc(CC(C)(C)C(F)(F)F)ccc4c3cc[n+]2[CH2-])cc(C(C)(C)C)c2ccccc12.[Ir]. The molecule has 3 nitrogen and oxygen atoms in total. The summed E-state index contributed by atoms with van der Waals surface area (Å²) in [5.41, 5.74) is 2.38. The van der Waals surface area contributed by atoms with E-state index < -0.39 is 11.6 Å². The molecule has 0 unspecified atom stereocenters. The van der Waals surface area contributed by atoms with Crippen molar-refractivity contribution in [3.8, 4) is 11.3 Å². The molecule has 1 radical (unpaired) electrons. The van der Waals surface area contributed by atoms with Gasteiger partial charge in [0.15, 0.2) is 5.78 Å². The number of alkyl halides is 3. The Balaban J connectivity index is 0.000000385. The van der Waals surface area contributed by atoms with Crippen molar-refractivity contribution < 1.29 is 47.7 Å². The van der Waals surface area contributed by atoms with Crippen molar-refractivity contribution in [3.63, 3.8) is 0 Å². The van der Waals surface area contributed by atoms with E-state index in [1.54, 1.807) is 11.3 Å². The number of aromatic nitrogens is 1. The van der Waals surface area contributed by atoms with Crippen LogP contribution in [0.5, 0.6) is 0 Å². The average molecular weight is 951 g/mol. The number of fused-ring (bicyclic) bond motifs is 4. The first-order valence-corrected chi connectivity index (χ1v) is 19.9. The van der Waals surface area contributed by atoms with E-state index in [9.17, 15) is 23.1 Å². The summed E-state index contributed by atoms with van der Waals surface area (Å²) >= 11 is 1.60. The first-order chi connectivity index (χ1) is 25.0. The van der Waals surface area contributed by atoms with E-state index in [4.69, 9.17) is 0 Å². The molecule has 0 aliphatic rings. The van der Waals surface area contributed by atoms with E-state index in [1.165, 1.54) is 30.9 Å². The summed E-state index contributed by atoms with van der Waals surface area (Å²) in [4.78, 5) is 12.2. The van der Waals surface area contributed by atoms with Gasteiger partial charge in [-0.05, 0) is 66.0 Å². The Kier molecular flexibility index (Phi) is 14.3. The minimum atomic E-state index is -4.26. The third-order valence-electron chi connectivity index (χ3n) is 12.0. The van der Waals surface area contributed by atoms with Gasteiger partial charge >= 0.3 is 6.18 Å². The zero-order chi connectivity index (χ0) is 40.6. The second kappa shape index (κ2) is 17.0. The maximum absolute atomic E-state index is 13.5. The zero-order valence-electron chi connectivity index (χ0n) is 34.5. The van der Waals surface area contributed by atoms with Crippen LogP contribution in [-0.2, 0) is 36.7 Å². The topological polar surface area (TPSA) is 41.2 Å². The van der Waals surface area contributed by atoms with Gasteiger partial charge in [0.1, 0.15) is 5.76 Å². The predicted molar refractivity (Wildman–Crippen MR) is 223 cm³/mol. The van der Waals surface area contributed by atoms with Gasteiger partial charge < -0.3 is 9.67 Å². The Morgan fingerprint density at radius 1 is 0.800 bits per heavy atom. The molecule has 8 heteroatoms. The number of nitrogens with zero attached hydrogens (tertiary/aromatic N) is 1. The van der Waals surface area contributed by atoms with E-state index in [0.717, 1.165) is 68.1 Å². The number of aliphatic hydroxyl groups is 1. The number of halogens is 3. The van der Waals surface area contributed by atoms with Crippen LogP contribution in [0.2, 0.25) is 0 Å². The molecule has 5 rings (SSSR count). The van der Waals surface area contributed by atoms with Crippen LogP contribution in [0.1, 0.15) is 119 Å². The molecule has 55 heavy (non-hydrogen) atoms. The first kappa shape index (κ1) is 46.1. The smallest absolute Gasteiger partial charge is 0.394 e. The minimum absolute atomic E-state index is 0. The minimum Gasteiger partial charge on any atom is -0.512 e. The van der Waals surface area contributed by atoms with Crippen LogP contribution in [0.3, 0.4) is 0 Å². The number of benzene rings is 3. The number of pyridine rings is 1. The van der Waals surface area contributed by atoms with Crippen LogP contribution in [-0.4, -0.2) is 17.1 Å². The van der Waals surface area contributed by atoms with Crippen molar-refractivity contribution in [1.82, 2.24) is 0 Å². The number of aliphatic hydroxyl groups excluding tert-OH is 1. The van der Waals surface area contributed by atoms with E-state index in [1.807, 2.05) is 82.6 Å². The molecule has 2 heterocycles. The fourth-order valence-electron chi connectivity index (χ4n) is 6.82. The van der Waals surface area contributed by atoms with Gasteiger partial charge in [0.2, 0.25) is 0 Å². The number of rotatable bonds is 10. The monoisotopic (exact) mass is 951 g/mol. The van der Waals surface area contributed by atoms with Crippen LogP contribution in [0.15, 0.2) is 72.6 Å². The van der Waals surface area contributed by atoms with Gasteiger partial charge in [0.25, 0.3) is 0 Å². The maximum Gasteiger partial charge on any atom is 0.394 e. The molecule has 0 aliphatic heterocycles. The summed E-state index contributed by atoms with van der Waals surface area (Å²) in [6.45, 7) is 25.7. The zero-order valence-corrected chi connectivity index (χ0v) is 37.7. The molecule has 0 aliphatic carbocycles. The second-order valence-electron chi connectivity index (χ2n) is 17.0. The molecule has 3 aromatic carbocycles. The molecule has 0 saturated carbocycles. The van der Waals surface area contributed by atoms with E-state index >= 15 is 0 Å². The van der Waals surface area contributed by atoms with Gasteiger partial charge in [-0.3, -0.25) is 4.79 Å². The molecule has 0 atom stereocenters. The Morgan fingerprint density at radius 2 is 1.36 bits per heavy atom. The molecule has 5 aromatic rings. The van der Waals surface area contributed by atoms with E-state index in [0.29, 0.717) is 5.56 Å². The van der Waals surface area contributed by atoms with Crippen LogP contribution in [0, 0.1) is 30.2 Å². The summed E-state index contributed by atoms with van der Waals surface area (Å²) < 4.78 is 44.5. The van der Waals surface area contributed by atoms with Crippen molar-refractivity contribution in [2.24, 2.45) is 16.2 Å². The standard InChI is InChI=1S/C32H31F3NS.C15H28O2.Ir/c1-19-21-10-8-9-11-22(21)26(30(2,3)4)17-25(19)28-29-24(14-15-36(28)7)23-13-12-20(16-27(23)37-29)18-31(5,6)32(33,34)35;1-7-14(5,8-2)12(16)11-13(17)15(6,9-3)10-4;/h8-17H,1,7,18H2,2-6H3;11,16H,7-10H2,1-6H3;/q-1;;/b;12-11-;. The fraction of sp³-hybridized carbons (Fsp3) is 0.447. The summed E-state index contributed by atoms with van der Waals surface area (Å²) in [5.74, 6) is 0.286. The van der Waals surface area contributed by atoms with Gasteiger partial charge in [0.05, 0.1) is 17.3 Å². The molecule has 0 bridgehead atoms. The van der Waals surface area contributed by atoms with E-state index in [2.05, 4.69) is 59.0 Å². The molecule has 0 spiro atoms. The Morgan fingerprint density at radius 3 is 1.89 bits per heavy atom. The molecule has 1 N–H and O–H groups in total. The van der Waals surface area contributed by atoms with E-state index in [-0.39, 0.29) is 54.3 Å². The fourth-order valence-corrected chi connectivity index (χ4v) is 8.15.